The molecule has 0 aromatic rings. The Balaban J connectivity index is 0.000000671. The highest BCUT2D eigenvalue weighted by molar-refractivity contribution is 5.72. The van der Waals surface area contributed by atoms with Crippen LogP contribution in [0.15, 0.2) is 0 Å². The van der Waals surface area contributed by atoms with Crippen molar-refractivity contribution >= 4 is 5.97 Å². The van der Waals surface area contributed by atoms with Crippen LogP contribution in [0, 0.1) is 5.92 Å². The van der Waals surface area contributed by atoms with Crippen molar-refractivity contribution < 1.29 is 9.53 Å². The predicted molar refractivity (Wildman–Crippen MR) is 53.6 cm³/mol. The standard InChI is InChI=1S/C8H15NO2.C2H6/c1-2-11-8(10)7-4-3-5-9-6-7;1-2/h7,9H,2-6H2,1H3;1-2H3. The van der Waals surface area contributed by atoms with E-state index in [1.165, 1.54) is 0 Å². The van der Waals surface area contributed by atoms with Crippen molar-refractivity contribution in [3.8, 4) is 0 Å². The Morgan fingerprint density at radius 1 is 1.54 bits per heavy atom. The molecule has 1 aliphatic rings. The first-order valence-electron chi connectivity index (χ1n) is 5.22. The molecule has 0 saturated carbocycles. The molecule has 1 fully saturated rings. The highest BCUT2D eigenvalue weighted by Crippen LogP contribution is 2.11. The maximum atomic E-state index is 11.1. The average molecular weight is 187 g/mol. The van der Waals surface area contributed by atoms with Crippen LogP contribution < -0.4 is 5.32 Å². The molecular formula is C10H21NO2. The third-order valence-corrected chi connectivity index (χ3v) is 1.92. The van der Waals surface area contributed by atoms with E-state index in [0.29, 0.717) is 6.61 Å². The molecule has 0 aromatic carbocycles. The van der Waals surface area contributed by atoms with E-state index < -0.39 is 0 Å². The van der Waals surface area contributed by atoms with E-state index in [1.54, 1.807) is 0 Å². The monoisotopic (exact) mass is 187 g/mol. The Morgan fingerprint density at radius 3 is 2.69 bits per heavy atom. The van der Waals surface area contributed by atoms with E-state index in [2.05, 4.69) is 5.32 Å². The molecule has 0 bridgehead atoms. The van der Waals surface area contributed by atoms with Crippen LogP contribution in [0.1, 0.15) is 33.6 Å². The quantitative estimate of drug-likeness (QED) is 0.667. The summed E-state index contributed by atoms with van der Waals surface area (Å²) in [5.41, 5.74) is 0. The molecule has 0 aromatic heterocycles. The third kappa shape index (κ3) is 4.88. The van der Waals surface area contributed by atoms with Gasteiger partial charge in [-0.15, -0.1) is 0 Å². The normalized spacial score (nSPS) is 21.3. The molecule has 0 radical (unpaired) electrons. The summed E-state index contributed by atoms with van der Waals surface area (Å²) in [4.78, 5) is 11.1. The summed E-state index contributed by atoms with van der Waals surface area (Å²) >= 11 is 0. The number of rotatable bonds is 2. The number of hydrogen-bond donors (Lipinski definition) is 1. The van der Waals surface area contributed by atoms with Crippen LogP contribution in [0.4, 0.5) is 0 Å². The van der Waals surface area contributed by atoms with Gasteiger partial charge in [-0.3, -0.25) is 4.79 Å². The van der Waals surface area contributed by atoms with Crippen molar-refractivity contribution in [3.63, 3.8) is 0 Å². The molecular weight excluding hydrogens is 166 g/mol. The first kappa shape index (κ1) is 12.4. The van der Waals surface area contributed by atoms with Gasteiger partial charge in [-0.2, -0.15) is 0 Å². The third-order valence-electron chi connectivity index (χ3n) is 1.92. The number of nitrogens with one attached hydrogen (secondary N) is 1. The van der Waals surface area contributed by atoms with Gasteiger partial charge in [0.25, 0.3) is 0 Å². The van der Waals surface area contributed by atoms with Crippen molar-refractivity contribution in [1.82, 2.24) is 5.32 Å². The van der Waals surface area contributed by atoms with Crippen molar-refractivity contribution in [2.45, 2.75) is 33.6 Å². The van der Waals surface area contributed by atoms with Crippen molar-refractivity contribution in [1.29, 1.82) is 0 Å². The van der Waals surface area contributed by atoms with E-state index in [-0.39, 0.29) is 11.9 Å². The van der Waals surface area contributed by atoms with E-state index >= 15 is 0 Å². The zero-order chi connectivity index (χ0) is 10.1. The Labute approximate surface area is 80.8 Å². The molecule has 1 aliphatic heterocycles. The molecule has 1 N–H and O–H groups in total. The van der Waals surface area contributed by atoms with Gasteiger partial charge in [0, 0.05) is 6.54 Å². The van der Waals surface area contributed by atoms with Crippen molar-refractivity contribution in [2.24, 2.45) is 5.92 Å². The van der Waals surface area contributed by atoms with Gasteiger partial charge in [-0.1, -0.05) is 13.8 Å². The summed E-state index contributed by atoms with van der Waals surface area (Å²) < 4.78 is 4.90. The van der Waals surface area contributed by atoms with Crippen molar-refractivity contribution in [3.05, 3.63) is 0 Å². The molecule has 78 valence electrons. The lowest BCUT2D eigenvalue weighted by atomic mass is 10.0. The summed E-state index contributed by atoms with van der Waals surface area (Å²) in [6.45, 7) is 8.16. The van der Waals surface area contributed by atoms with Crippen LogP contribution in [-0.4, -0.2) is 25.7 Å². The molecule has 3 heteroatoms. The zero-order valence-corrected chi connectivity index (χ0v) is 8.93. The minimum Gasteiger partial charge on any atom is -0.466 e. The number of carbonyl (C=O) groups is 1. The van der Waals surface area contributed by atoms with Crippen molar-refractivity contribution in [2.75, 3.05) is 19.7 Å². The largest absolute Gasteiger partial charge is 0.466 e. The fourth-order valence-electron chi connectivity index (χ4n) is 1.31. The second kappa shape index (κ2) is 8.05. The number of ether oxygens (including phenoxy) is 1. The van der Waals surface area contributed by atoms with Gasteiger partial charge in [0.1, 0.15) is 0 Å². The van der Waals surface area contributed by atoms with Gasteiger partial charge >= 0.3 is 5.97 Å². The average Bonchev–Trinajstić information content (AvgIpc) is 2.23. The fourth-order valence-corrected chi connectivity index (χ4v) is 1.31. The predicted octanol–water partition coefficient (Wildman–Crippen LogP) is 1.58. The minimum absolute atomic E-state index is 0.0419. The van der Waals surface area contributed by atoms with Crippen LogP contribution >= 0.6 is 0 Å². The van der Waals surface area contributed by atoms with E-state index in [1.807, 2.05) is 20.8 Å². The maximum absolute atomic E-state index is 11.1. The van der Waals surface area contributed by atoms with Crippen LogP contribution in [0.3, 0.4) is 0 Å². The first-order valence-corrected chi connectivity index (χ1v) is 5.22. The summed E-state index contributed by atoms with van der Waals surface area (Å²) in [6.07, 6.45) is 2.06. The summed E-state index contributed by atoms with van der Waals surface area (Å²) in [5.74, 6) is 0.0587. The second-order valence-electron chi connectivity index (χ2n) is 2.80. The van der Waals surface area contributed by atoms with Crippen LogP contribution in [-0.2, 0) is 9.53 Å². The fraction of sp³-hybridized carbons (Fsp3) is 0.900. The van der Waals surface area contributed by atoms with Gasteiger partial charge in [0.05, 0.1) is 12.5 Å². The topological polar surface area (TPSA) is 38.3 Å². The Morgan fingerprint density at radius 2 is 2.23 bits per heavy atom. The maximum Gasteiger partial charge on any atom is 0.310 e. The lowest BCUT2D eigenvalue weighted by Crippen LogP contribution is -2.35. The number of carbonyl (C=O) groups excluding carboxylic acids is 1. The van der Waals surface area contributed by atoms with Crippen LogP contribution in [0.5, 0.6) is 0 Å². The van der Waals surface area contributed by atoms with Crippen LogP contribution in [0.2, 0.25) is 0 Å². The Kier molecular flexibility index (Phi) is 7.69. The van der Waals surface area contributed by atoms with Gasteiger partial charge in [0.15, 0.2) is 0 Å². The molecule has 3 nitrogen and oxygen atoms in total. The summed E-state index contributed by atoms with van der Waals surface area (Å²) in [5, 5.41) is 3.17. The lowest BCUT2D eigenvalue weighted by molar-refractivity contribution is -0.148. The molecule has 1 heterocycles. The highest BCUT2D eigenvalue weighted by atomic mass is 16.5. The minimum atomic E-state index is -0.0419. The van der Waals surface area contributed by atoms with Gasteiger partial charge < -0.3 is 10.1 Å². The highest BCUT2D eigenvalue weighted by Gasteiger charge is 2.21. The van der Waals surface area contributed by atoms with Gasteiger partial charge in [-0.05, 0) is 26.3 Å². The molecule has 0 spiro atoms. The smallest absolute Gasteiger partial charge is 0.310 e. The molecule has 0 aliphatic carbocycles. The zero-order valence-electron chi connectivity index (χ0n) is 8.93. The van der Waals surface area contributed by atoms with Crippen LogP contribution in [0.25, 0.3) is 0 Å². The molecule has 1 unspecified atom stereocenters. The molecule has 0 amide bonds. The van der Waals surface area contributed by atoms with E-state index in [4.69, 9.17) is 4.74 Å². The summed E-state index contributed by atoms with van der Waals surface area (Å²) in [6, 6.07) is 0. The van der Waals surface area contributed by atoms with Gasteiger partial charge in [0.2, 0.25) is 0 Å². The number of esters is 1. The number of hydrogen-bond acceptors (Lipinski definition) is 3. The molecule has 1 atom stereocenters. The number of piperidine rings is 1. The van der Waals surface area contributed by atoms with Gasteiger partial charge in [-0.25, -0.2) is 0 Å². The summed E-state index contributed by atoms with van der Waals surface area (Å²) in [7, 11) is 0. The SMILES string of the molecule is CC.CCOC(=O)C1CCCNC1. The van der Waals surface area contributed by atoms with E-state index in [9.17, 15) is 4.79 Å². The Hall–Kier alpha value is -0.570. The first-order chi connectivity index (χ1) is 6.34. The molecule has 1 rings (SSSR count). The van der Waals surface area contributed by atoms with E-state index in [0.717, 1.165) is 25.9 Å². The lowest BCUT2D eigenvalue weighted by Gasteiger charge is -2.20. The molecule has 1 saturated heterocycles. The Bertz CT molecular complexity index is 131. The second-order valence-corrected chi connectivity index (χ2v) is 2.80. The molecule has 13 heavy (non-hydrogen) atoms.